The summed E-state index contributed by atoms with van der Waals surface area (Å²) in [6, 6.07) is 5.37. The molecule has 2 aromatic heterocycles. The molecule has 1 N–H and O–H groups in total. The molecule has 0 aliphatic rings. The Balaban J connectivity index is 1.99. The second-order valence-electron chi connectivity index (χ2n) is 3.44. The van der Waals surface area contributed by atoms with Crippen molar-refractivity contribution in [3.05, 3.63) is 48.6 Å². The Morgan fingerprint density at radius 1 is 1.41 bits per heavy atom. The second kappa shape index (κ2) is 5.07. The number of carbonyl (C=O) groups excluding carboxylic acids is 1. The molecule has 5 heteroatoms. The number of hydrogen-bond acceptors (Lipinski definition) is 3. The zero-order valence-corrected chi connectivity index (χ0v) is 9.37. The summed E-state index contributed by atoms with van der Waals surface area (Å²) < 4.78 is 1.69. The van der Waals surface area contributed by atoms with Crippen LogP contribution in [0.15, 0.2) is 42.9 Å². The first-order chi connectivity index (χ1) is 8.25. The molecule has 17 heavy (non-hydrogen) atoms. The number of nitrogens with one attached hydrogen (secondary N) is 1. The predicted octanol–water partition coefficient (Wildman–Crippen LogP) is 1.47. The zero-order valence-electron chi connectivity index (χ0n) is 9.37. The summed E-state index contributed by atoms with van der Waals surface area (Å²) in [4.78, 5) is 15.5. The van der Waals surface area contributed by atoms with Crippen LogP contribution in [-0.4, -0.2) is 20.7 Å². The van der Waals surface area contributed by atoms with Crippen molar-refractivity contribution in [2.24, 2.45) is 7.05 Å². The molecule has 0 atom stereocenters. The number of pyridine rings is 1. The lowest BCUT2D eigenvalue weighted by Gasteiger charge is -2.00. The SMILES string of the molecule is Cn1nccc1/C=C/C(=O)Nc1cccnc1. The molecule has 1 amide bonds. The molecule has 0 bridgehead atoms. The fraction of sp³-hybridized carbons (Fsp3) is 0.0833. The third-order valence-corrected chi connectivity index (χ3v) is 2.19. The van der Waals surface area contributed by atoms with Crippen LogP contribution >= 0.6 is 0 Å². The molecule has 2 aromatic rings. The number of hydrogen-bond donors (Lipinski definition) is 1. The lowest BCUT2D eigenvalue weighted by atomic mass is 10.3. The highest BCUT2D eigenvalue weighted by Gasteiger charge is 1.98. The van der Waals surface area contributed by atoms with Gasteiger partial charge in [-0.05, 0) is 24.3 Å². The molecule has 0 fully saturated rings. The van der Waals surface area contributed by atoms with Gasteiger partial charge in [-0.1, -0.05) is 0 Å². The Morgan fingerprint density at radius 3 is 2.94 bits per heavy atom. The summed E-state index contributed by atoms with van der Waals surface area (Å²) in [6.07, 6.45) is 8.10. The van der Waals surface area contributed by atoms with Gasteiger partial charge in [-0.2, -0.15) is 5.10 Å². The van der Waals surface area contributed by atoms with Crippen molar-refractivity contribution in [3.63, 3.8) is 0 Å². The first-order valence-electron chi connectivity index (χ1n) is 5.13. The number of nitrogens with zero attached hydrogens (tertiary/aromatic N) is 3. The van der Waals surface area contributed by atoms with Gasteiger partial charge in [0.05, 0.1) is 17.6 Å². The number of amides is 1. The van der Waals surface area contributed by atoms with E-state index in [0.29, 0.717) is 5.69 Å². The largest absolute Gasteiger partial charge is 0.321 e. The van der Waals surface area contributed by atoms with E-state index in [1.165, 1.54) is 6.08 Å². The van der Waals surface area contributed by atoms with Crippen molar-refractivity contribution in [1.29, 1.82) is 0 Å². The molecule has 0 saturated carbocycles. The topological polar surface area (TPSA) is 59.8 Å². The number of carbonyl (C=O) groups is 1. The highest BCUT2D eigenvalue weighted by molar-refractivity contribution is 6.01. The molecular formula is C12H12N4O. The smallest absolute Gasteiger partial charge is 0.248 e. The van der Waals surface area contributed by atoms with E-state index in [1.54, 1.807) is 41.5 Å². The summed E-state index contributed by atoms with van der Waals surface area (Å²) in [7, 11) is 1.82. The minimum atomic E-state index is -0.195. The monoisotopic (exact) mass is 228 g/mol. The Hall–Kier alpha value is -2.43. The lowest BCUT2D eigenvalue weighted by Crippen LogP contribution is -2.07. The molecule has 2 rings (SSSR count). The molecule has 2 heterocycles. The van der Waals surface area contributed by atoms with Gasteiger partial charge in [0.2, 0.25) is 5.91 Å². The molecule has 0 unspecified atom stereocenters. The predicted molar refractivity (Wildman–Crippen MR) is 65.1 cm³/mol. The Bertz CT molecular complexity index is 530. The summed E-state index contributed by atoms with van der Waals surface area (Å²) in [5.74, 6) is -0.195. The molecular weight excluding hydrogens is 216 g/mol. The van der Waals surface area contributed by atoms with Gasteiger partial charge in [0, 0.05) is 25.5 Å². The van der Waals surface area contributed by atoms with E-state index in [-0.39, 0.29) is 5.91 Å². The average molecular weight is 228 g/mol. The molecule has 0 aromatic carbocycles. The van der Waals surface area contributed by atoms with Crippen LogP contribution < -0.4 is 5.32 Å². The number of aromatic nitrogens is 3. The number of rotatable bonds is 3. The summed E-state index contributed by atoms with van der Waals surface area (Å²) in [6.45, 7) is 0. The summed E-state index contributed by atoms with van der Waals surface area (Å²) in [5.41, 5.74) is 1.54. The van der Waals surface area contributed by atoms with Gasteiger partial charge in [-0.15, -0.1) is 0 Å². The minimum absolute atomic E-state index is 0.195. The van der Waals surface area contributed by atoms with Crippen molar-refractivity contribution in [3.8, 4) is 0 Å². The fourth-order valence-corrected chi connectivity index (χ4v) is 1.33. The third-order valence-electron chi connectivity index (χ3n) is 2.19. The Morgan fingerprint density at radius 2 is 2.29 bits per heavy atom. The standard InChI is InChI=1S/C12H12N4O/c1-16-11(6-8-14-16)4-5-12(17)15-10-3-2-7-13-9-10/h2-9H,1H3,(H,15,17)/b5-4+. The summed E-state index contributed by atoms with van der Waals surface area (Å²) in [5, 5.41) is 6.71. The van der Waals surface area contributed by atoms with Crippen molar-refractivity contribution in [2.75, 3.05) is 5.32 Å². The molecule has 5 nitrogen and oxygen atoms in total. The quantitative estimate of drug-likeness (QED) is 0.809. The lowest BCUT2D eigenvalue weighted by molar-refractivity contribution is -0.111. The zero-order chi connectivity index (χ0) is 12.1. The molecule has 0 spiro atoms. The molecule has 0 aliphatic heterocycles. The van der Waals surface area contributed by atoms with Crippen molar-refractivity contribution in [2.45, 2.75) is 0 Å². The summed E-state index contributed by atoms with van der Waals surface area (Å²) >= 11 is 0. The van der Waals surface area contributed by atoms with Crippen molar-refractivity contribution >= 4 is 17.7 Å². The van der Waals surface area contributed by atoms with E-state index in [4.69, 9.17) is 0 Å². The van der Waals surface area contributed by atoms with Crippen LogP contribution in [0, 0.1) is 0 Å². The van der Waals surface area contributed by atoms with Crippen LogP contribution in [0.4, 0.5) is 5.69 Å². The van der Waals surface area contributed by atoms with Crippen LogP contribution in [0.25, 0.3) is 6.08 Å². The maximum absolute atomic E-state index is 11.6. The first kappa shape index (κ1) is 11.1. The highest BCUT2D eigenvalue weighted by atomic mass is 16.1. The molecule has 0 radical (unpaired) electrons. The van der Waals surface area contributed by atoms with E-state index in [1.807, 2.05) is 13.1 Å². The van der Waals surface area contributed by atoms with Gasteiger partial charge in [-0.25, -0.2) is 0 Å². The van der Waals surface area contributed by atoms with E-state index in [0.717, 1.165) is 5.69 Å². The molecule has 0 saturated heterocycles. The minimum Gasteiger partial charge on any atom is -0.321 e. The fourth-order valence-electron chi connectivity index (χ4n) is 1.33. The van der Waals surface area contributed by atoms with E-state index in [2.05, 4.69) is 15.4 Å². The average Bonchev–Trinajstić information content (AvgIpc) is 2.74. The van der Waals surface area contributed by atoms with Crippen LogP contribution in [0.5, 0.6) is 0 Å². The van der Waals surface area contributed by atoms with E-state index in [9.17, 15) is 4.79 Å². The maximum Gasteiger partial charge on any atom is 0.248 e. The normalized spacial score (nSPS) is 10.6. The van der Waals surface area contributed by atoms with Gasteiger partial charge in [0.15, 0.2) is 0 Å². The van der Waals surface area contributed by atoms with Gasteiger partial charge < -0.3 is 5.32 Å². The molecule has 0 aliphatic carbocycles. The van der Waals surface area contributed by atoms with Gasteiger partial charge >= 0.3 is 0 Å². The Labute approximate surface area is 98.8 Å². The first-order valence-corrected chi connectivity index (χ1v) is 5.13. The molecule has 86 valence electrons. The number of anilines is 1. The van der Waals surface area contributed by atoms with Gasteiger partial charge in [-0.3, -0.25) is 14.5 Å². The Kier molecular flexibility index (Phi) is 3.30. The van der Waals surface area contributed by atoms with Crippen molar-refractivity contribution < 1.29 is 4.79 Å². The van der Waals surface area contributed by atoms with E-state index < -0.39 is 0 Å². The second-order valence-corrected chi connectivity index (χ2v) is 3.44. The van der Waals surface area contributed by atoms with Gasteiger partial charge in [0.1, 0.15) is 0 Å². The highest BCUT2D eigenvalue weighted by Crippen LogP contribution is 2.04. The maximum atomic E-state index is 11.6. The van der Waals surface area contributed by atoms with Crippen LogP contribution in [0.2, 0.25) is 0 Å². The van der Waals surface area contributed by atoms with Crippen LogP contribution in [-0.2, 0) is 11.8 Å². The van der Waals surface area contributed by atoms with Crippen LogP contribution in [0.3, 0.4) is 0 Å². The van der Waals surface area contributed by atoms with Gasteiger partial charge in [0.25, 0.3) is 0 Å². The van der Waals surface area contributed by atoms with Crippen molar-refractivity contribution in [1.82, 2.24) is 14.8 Å². The van der Waals surface area contributed by atoms with E-state index >= 15 is 0 Å². The third kappa shape index (κ3) is 3.01. The number of aryl methyl sites for hydroxylation is 1. The van der Waals surface area contributed by atoms with Crippen LogP contribution in [0.1, 0.15) is 5.69 Å².